The average Bonchev–Trinajstić information content (AvgIpc) is 2.96. The van der Waals surface area contributed by atoms with Crippen molar-refractivity contribution in [1.29, 1.82) is 0 Å². The second-order valence-electron chi connectivity index (χ2n) is 6.22. The second-order valence-corrected chi connectivity index (χ2v) is 6.22. The Balaban J connectivity index is 1.76. The van der Waals surface area contributed by atoms with Gasteiger partial charge in [0.25, 0.3) is 0 Å². The molecule has 4 heteroatoms. The van der Waals surface area contributed by atoms with Crippen LogP contribution in [0.5, 0.6) is 0 Å². The molecule has 3 rings (SSSR count). The van der Waals surface area contributed by atoms with Gasteiger partial charge in [0.2, 0.25) is 0 Å². The number of aryl methyl sites for hydroxylation is 2. The molecular formula is C18H26N4. The molecule has 22 heavy (non-hydrogen) atoms. The fraction of sp³-hybridized carbons (Fsp3) is 0.556. The van der Waals surface area contributed by atoms with Gasteiger partial charge in [-0.15, -0.1) is 0 Å². The Kier molecular flexibility index (Phi) is 4.57. The summed E-state index contributed by atoms with van der Waals surface area (Å²) in [6, 6.07) is 9.28. The Morgan fingerprint density at radius 3 is 2.36 bits per heavy atom. The molecule has 1 aliphatic heterocycles. The van der Waals surface area contributed by atoms with Crippen LogP contribution in [0.15, 0.2) is 24.3 Å². The molecule has 0 aliphatic carbocycles. The van der Waals surface area contributed by atoms with Crippen molar-refractivity contribution in [3.63, 3.8) is 0 Å². The zero-order valence-electron chi connectivity index (χ0n) is 13.9. The van der Waals surface area contributed by atoms with Crippen molar-refractivity contribution in [2.24, 2.45) is 7.05 Å². The average molecular weight is 298 g/mol. The molecule has 0 bridgehead atoms. The molecule has 0 N–H and O–H groups in total. The topological polar surface area (TPSA) is 34.0 Å². The molecule has 0 spiro atoms. The van der Waals surface area contributed by atoms with Gasteiger partial charge in [-0.05, 0) is 38.4 Å². The van der Waals surface area contributed by atoms with Crippen molar-refractivity contribution in [2.75, 3.05) is 13.1 Å². The van der Waals surface area contributed by atoms with E-state index in [1.165, 1.54) is 37.9 Å². The van der Waals surface area contributed by atoms with E-state index >= 15 is 0 Å². The lowest BCUT2D eigenvalue weighted by molar-refractivity contribution is 0.175. The fourth-order valence-corrected chi connectivity index (χ4v) is 3.27. The van der Waals surface area contributed by atoms with Crippen LogP contribution in [0.3, 0.4) is 0 Å². The maximum absolute atomic E-state index is 4.60. The molecule has 0 amide bonds. The van der Waals surface area contributed by atoms with E-state index in [1.807, 2.05) is 11.7 Å². The highest BCUT2D eigenvalue weighted by Gasteiger charge is 2.18. The van der Waals surface area contributed by atoms with Crippen LogP contribution in [0, 0.1) is 0 Å². The SMILES string of the molecule is CCc1nc(-c2ccc([C@@H](C)N3CCCCC3)cc2)nn1C. The normalized spacial score (nSPS) is 17.6. The molecule has 1 aliphatic rings. The van der Waals surface area contributed by atoms with E-state index in [9.17, 15) is 0 Å². The maximum atomic E-state index is 4.60. The summed E-state index contributed by atoms with van der Waals surface area (Å²) in [6.07, 6.45) is 4.96. The van der Waals surface area contributed by atoms with E-state index in [2.05, 4.69) is 53.1 Å². The summed E-state index contributed by atoms with van der Waals surface area (Å²) in [5, 5.41) is 4.51. The van der Waals surface area contributed by atoms with E-state index in [0.717, 1.165) is 23.6 Å². The first-order valence-electron chi connectivity index (χ1n) is 8.43. The number of piperidine rings is 1. The van der Waals surface area contributed by atoms with Crippen LogP contribution >= 0.6 is 0 Å². The number of aromatic nitrogens is 3. The van der Waals surface area contributed by atoms with Crippen LogP contribution < -0.4 is 0 Å². The molecule has 1 saturated heterocycles. The maximum Gasteiger partial charge on any atom is 0.181 e. The highest BCUT2D eigenvalue weighted by Crippen LogP contribution is 2.26. The summed E-state index contributed by atoms with van der Waals surface area (Å²) in [4.78, 5) is 7.19. The minimum atomic E-state index is 0.497. The third-order valence-electron chi connectivity index (χ3n) is 4.76. The summed E-state index contributed by atoms with van der Waals surface area (Å²) >= 11 is 0. The van der Waals surface area contributed by atoms with Gasteiger partial charge in [0.15, 0.2) is 5.82 Å². The van der Waals surface area contributed by atoms with Gasteiger partial charge in [0, 0.05) is 25.1 Å². The van der Waals surface area contributed by atoms with Gasteiger partial charge in [-0.2, -0.15) is 5.10 Å². The number of likely N-dealkylation sites (tertiary alicyclic amines) is 1. The van der Waals surface area contributed by atoms with Gasteiger partial charge >= 0.3 is 0 Å². The summed E-state index contributed by atoms with van der Waals surface area (Å²) in [5.74, 6) is 1.86. The minimum absolute atomic E-state index is 0.497. The third kappa shape index (κ3) is 3.07. The molecule has 1 aromatic carbocycles. The van der Waals surface area contributed by atoms with Crippen molar-refractivity contribution in [1.82, 2.24) is 19.7 Å². The second kappa shape index (κ2) is 6.61. The fourth-order valence-electron chi connectivity index (χ4n) is 3.27. The number of hydrogen-bond acceptors (Lipinski definition) is 3. The Labute approximate surface area is 133 Å². The van der Waals surface area contributed by atoms with Crippen molar-refractivity contribution < 1.29 is 0 Å². The third-order valence-corrected chi connectivity index (χ3v) is 4.76. The Morgan fingerprint density at radius 1 is 1.09 bits per heavy atom. The predicted molar refractivity (Wildman–Crippen MR) is 89.7 cm³/mol. The molecule has 1 fully saturated rings. The van der Waals surface area contributed by atoms with E-state index in [-0.39, 0.29) is 0 Å². The summed E-state index contributed by atoms with van der Waals surface area (Å²) < 4.78 is 1.87. The van der Waals surface area contributed by atoms with Crippen molar-refractivity contribution in [3.05, 3.63) is 35.7 Å². The molecule has 1 aromatic heterocycles. The molecule has 118 valence electrons. The number of rotatable bonds is 4. The number of hydrogen-bond donors (Lipinski definition) is 0. The van der Waals surface area contributed by atoms with Gasteiger partial charge in [-0.3, -0.25) is 9.58 Å². The Hall–Kier alpha value is -1.68. The van der Waals surface area contributed by atoms with Gasteiger partial charge < -0.3 is 0 Å². The first-order valence-corrected chi connectivity index (χ1v) is 8.43. The van der Waals surface area contributed by atoms with Crippen LogP contribution in [0.25, 0.3) is 11.4 Å². The molecule has 0 saturated carbocycles. The summed E-state index contributed by atoms with van der Waals surface area (Å²) in [6.45, 7) is 6.88. The highest BCUT2D eigenvalue weighted by atomic mass is 15.3. The van der Waals surface area contributed by atoms with Crippen molar-refractivity contribution >= 4 is 0 Å². The minimum Gasteiger partial charge on any atom is -0.297 e. The molecule has 2 heterocycles. The van der Waals surface area contributed by atoms with Gasteiger partial charge in [-0.25, -0.2) is 4.98 Å². The Bertz CT molecular complexity index is 609. The zero-order chi connectivity index (χ0) is 15.5. The molecule has 0 radical (unpaired) electrons. The number of benzene rings is 1. The van der Waals surface area contributed by atoms with Gasteiger partial charge in [-0.1, -0.05) is 37.6 Å². The highest BCUT2D eigenvalue weighted by molar-refractivity contribution is 5.55. The zero-order valence-corrected chi connectivity index (χ0v) is 13.9. The van der Waals surface area contributed by atoms with Gasteiger partial charge in [0.05, 0.1) is 0 Å². The summed E-state index contributed by atoms with van der Waals surface area (Å²) in [7, 11) is 1.96. The van der Waals surface area contributed by atoms with Crippen molar-refractivity contribution in [2.45, 2.75) is 45.6 Å². The van der Waals surface area contributed by atoms with Crippen molar-refractivity contribution in [3.8, 4) is 11.4 Å². The first kappa shape index (κ1) is 15.2. The Morgan fingerprint density at radius 2 is 1.77 bits per heavy atom. The van der Waals surface area contributed by atoms with Crippen LogP contribution in [0.1, 0.15) is 50.5 Å². The first-order chi connectivity index (χ1) is 10.7. The van der Waals surface area contributed by atoms with E-state index < -0.39 is 0 Å². The molecular weight excluding hydrogens is 272 g/mol. The van der Waals surface area contributed by atoms with E-state index in [0.29, 0.717) is 6.04 Å². The van der Waals surface area contributed by atoms with Crippen LogP contribution in [0.4, 0.5) is 0 Å². The lowest BCUT2D eigenvalue weighted by Gasteiger charge is -2.32. The lowest BCUT2D eigenvalue weighted by Crippen LogP contribution is -2.32. The number of nitrogens with zero attached hydrogens (tertiary/aromatic N) is 4. The smallest absolute Gasteiger partial charge is 0.181 e. The molecule has 4 nitrogen and oxygen atoms in total. The van der Waals surface area contributed by atoms with Gasteiger partial charge in [0.1, 0.15) is 5.82 Å². The van der Waals surface area contributed by atoms with E-state index in [4.69, 9.17) is 0 Å². The lowest BCUT2D eigenvalue weighted by atomic mass is 10.0. The van der Waals surface area contributed by atoms with Crippen LogP contribution in [-0.2, 0) is 13.5 Å². The van der Waals surface area contributed by atoms with E-state index in [1.54, 1.807) is 0 Å². The van der Waals surface area contributed by atoms with Crippen LogP contribution in [0.2, 0.25) is 0 Å². The molecule has 0 unspecified atom stereocenters. The largest absolute Gasteiger partial charge is 0.297 e. The molecule has 2 aromatic rings. The summed E-state index contributed by atoms with van der Waals surface area (Å²) in [5.41, 5.74) is 2.49. The quantitative estimate of drug-likeness (QED) is 0.865. The predicted octanol–water partition coefficient (Wildman–Crippen LogP) is 3.59. The molecule has 1 atom stereocenters. The standard InChI is InChI=1S/C18H26N4/c1-4-17-19-18(20-21(17)3)16-10-8-15(9-11-16)14(2)22-12-6-5-7-13-22/h8-11,14H,4-7,12-13H2,1-3H3/t14-/m1/s1. The van der Waals surface area contributed by atoms with Crippen LogP contribution in [-0.4, -0.2) is 32.8 Å². The monoisotopic (exact) mass is 298 g/mol.